The average Bonchev–Trinajstić information content (AvgIpc) is 2.03. The van der Waals surface area contributed by atoms with Gasteiger partial charge in [-0.15, -0.1) is 5.10 Å². The molecule has 13 heavy (non-hydrogen) atoms. The zero-order valence-electron chi connectivity index (χ0n) is 6.64. The summed E-state index contributed by atoms with van der Waals surface area (Å²) in [7, 11) is 0. The van der Waals surface area contributed by atoms with Gasteiger partial charge in [0.05, 0.1) is 10.5 Å². The molecule has 0 radical (unpaired) electrons. The van der Waals surface area contributed by atoms with Crippen molar-refractivity contribution in [3.05, 3.63) is 23.5 Å². The standard InChI is InChI=1S/C7H6BrF3N2/c1-4(8)5-2-3-6(13-12-5)7(9,10)11/h2-4H,1H3. The Bertz CT molecular complexity index is 281. The van der Waals surface area contributed by atoms with E-state index in [2.05, 4.69) is 26.1 Å². The molecule has 1 aromatic rings. The van der Waals surface area contributed by atoms with Crippen LogP contribution in [0.25, 0.3) is 0 Å². The Hall–Kier alpha value is -0.650. The molecule has 1 rings (SSSR count). The number of alkyl halides is 4. The minimum Gasteiger partial charge on any atom is -0.164 e. The number of nitrogens with zero attached hydrogens (tertiary/aromatic N) is 2. The molecular formula is C7H6BrF3N2. The summed E-state index contributed by atoms with van der Waals surface area (Å²) in [4.78, 5) is -0.0951. The van der Waals surface area contributed by atoms with Gasteiger partial charge in [0.2, 0.25) is 0 Å². The number of aromatic nitrogens is 2. The molecule has 0 aliphatic carbocycles. The third kappa shape index (κ3) is 2.65. The van der Waals surface area contributed by atoms with Crippen molar-refractivity contribution < 1.29 is 13.2 Å². The lowest BCUT2D eigenvalue weighted by molar-refractivity contribution is -0.141. The minimum atomic E-state index is -4.42. The molecule has 0 bridgehead atoms. The van der Waals surface area contributed by atoms with Crippen LogP contribution in [-0.4, -0.2) is 10.2 Å². The molecule has 0 spiro atoms. The highest BCUT2D eigenvalue weighted by atomic mass is 79.9. The maximum atomic E-state index is 12.0. The Morgan fingerprint density at radius 3 is 2.23 bits per heavy atom. The van der Waals surface area contributed by atoms with Crippen molar-refractivity contribution in [1.82, 2.24) is 10.2 Å². The summed E-state index contributed by atoms with van der Waals surface area (Å²) in [5.74, 6) is 0. The van der Waals surface area contributed by atoms with E-state index in [9.17, 15) is 13.2 Å². The SMILES string of the molecule is CC(Br)c1ccc(C(F)(F)F)nn1. The van der Waals surface area contributed by atoms with Crippen molar-refractivity contribution in [1.29, 1.82) is 0 Å². The van der Waals surface area contributed by atoms with E-state index < -0.39 is 11.9 Å². The summed E-state index contributed by atoms with van der Waals surface area (Å²) in [6.07, 6.45) is -4.42. The fraction of sp³-hybridized carbons (Fsp3) is 0.429. The Balaban J connectivity index is 2.94. The van der Waals surface area contributed by atoms with Crippen LogP contribution in [0, 0.1) is 0 Å². The largest absolute Gasteiger partial charge is 0.435 e. The van der Waals surface area contributed by atoms with Crippen molar-refractivity contribution in [2.75, 3.05) is 0 Å². The monoisotopic (exact) mass is 254 g/mol. The summed E-state index contributed by atoms with van der Waals surface area (Å²) in [6.45, 7) is 1.76. The highest BCUT2D eigenvalue weighted by molar-refractivity contribution is 9.09. The third-order valence-electron chi connectivity index (χ3n) is 1.38. The van der Waals surface area contributed by atoms with E-state index >= 15 is 0 Å². The maximum absolute atomic E-state index is 12.0. The molecule has 0 aromatic carbocycles. The highest BCUT2D eigenvalue weighted by Crippen LogP contribution is 2.27. The first-order chi connectivity index (χ1) is 5.91. The molecule has 0 saturated carbocycles. The molecule has 0 aliphatic heterocycles. The molecule has 1 atom stereocenters. The summed E-state index contributed by atoms with van der Waals surface area (Å²) in [5.41, 5.74) is -0.489. The average molecular weight is 255 g/mol. The molecule has 0 amide bonds. The van der Waals surface area contributed by atoms with E-state index in [4.69, 9.17) is 0 Å². The van der Waals surface area contributed by atoms with Gasteiger partial charge in [-0.2, -0.15) is 18.3 Å². The van der Waals surface area contributed by atoms with Gasteiger partial charge >= 0.3 is 6.18 Å². The number of rotatable bonds is 1. The van der Waals surface area contributed by atoms with Gasteiger partial charge in [0.1, 0.15) is 0 Å². The molecule has 0 aliphatic rings. The second-order valence-electron chi connectivity index (χ2n) is 2.46. The molecule has 6 heteroatoms. The van der Waals surface area contributed by atoms with Gasteiger partial charge in [-0.3, -0.25) is 0 Å². The van der Waals surface area contributed by atoms with Crippen LogP contribution in [0.15, 0.2) is 12.1 Å². The van der Waals surface area contributed by atoms with Crippen molar-refractivity contribution >= 4 is 15.9 Å². The lowest BCUT2D eigenvalue weighted by atomic mass is 10.3. The maximum Gasteiger partial charge on any atom is 0.435 e. The van der Waals surface area contributed by atoms with Gasteiger partial charge < -0.3 is 0 Å². The second-order valence-corrected chi connectivity index (χ2v) is 3.83. The van der Waals surface area contributed by atoms with Crippen molar-refractivity contribution in [3.8, 4) is 0 Å². The van der Waals surface area contributed by atoms with E-state index in [1.165, 1.54) is 6.07 Å². The first-order valence-corrected chi connectivity index (χ1v) is 4.37. The smallest absolute Gasteiger partial charge is 0.164 e. The van der Waals surface area contributed by atoms with Gasteiger partial charge in [-0.1, -0.05) is 15.9 Å². The lowest BCUT2D eigenvalue weighted by Gasteiger charge is -2.05. The normalized spacial score (nSPS) is 14.2. The number of hydrogen-bond acceptors (Lipinski definition) is 2. The number of hydrogen-bond donors (Lipinski definition) is 0. The Morgan fingerprint density at radius 1 is 1.31 bits per heavy atom. The molecular weight excluding hydrogens is 249 g/mol. The van der Waals surface area contributed by atoms with E-state index in [1.807, 2.05) is 0 Å². The van der Waals surface area contributed by atoms with E-state index in [1.54, 1.807) is 6.92 Å². The van der Waals surface area contributed by atoms with Crippen LogP contribution < -0.4 is 0 Å². The van der Waals surface area contributed by atoms with Crippen LogP contribution in [0.4, 0.5) is 13.2 Å². The molecule has 2 nitrogen and oxygen atoms in total. The quantitative estimate of drug-likeness (QED) is 0.721. The molecule has 1 aromatic heterocycles. The molecule has 0 saturated heterocycles. The minimum absolute atomic E-state index is 0.0951. The van der Waals surface area contributed by atoms with E-state index in [0.717, 1.165) is 6.07 Å². The predicted octanol–water partition coefficient (Wildman–Crippen LogP) is 2.95. The second kappa shape index (κ2) is 3.61. The first-order valence-electron chi connectivity index (χ1n) is 3.46. The van der Waals surface area contributed by atoms with Crippen LogP contribution in [0.5, 0.6) is 0 Å². The molecule has 0 fully saturated rings. The van der Waals surface area contributed by atoms with Gasteiger partial charge in [0.15, 0.2) is 5.69 Å². The van der Waals surface area contributed by atoms with Crippen LogP contribution in [-0.2, 0) is 6.18 Å². The van der Waals surface area contributed by atoms with Crippen LogP contribution in [0.3, 0.4) is 0 Å². The fourth-order valence-electron chi connectivity index (χ4n) is 0.706. The zero-order valence-corrected chi connectivity index (χ0v) is 8.22. The van der Waals surface area contributed by atoms with Crippen LogP contribution in [0.1, 0.15) is 23.1 Å². The van der Waals surface area contributed by atoms with E-state index in [0.29, 0.717) is 5.69 Å². The predicted molar refractivity (Wildman–Crippen MR) is 44.4 cm³/mol. The summed E-state index contributed by atoms with van der Waals surface area (Å²) < 4.78 is 36.0. The molecule has 0 N–H and O–H groups in total. The zero-order chi connectivity index (χ0) is 10.1. The fourth-order valence-corrected chi connectivity index (χ4v) is 0.950. The van der Waals surface area contributed by atoms with Crippen LogP contribution >= 0.6 is 15.9 Å². The van der Waals surface area contributed by atoms with Gasteiger partial charge in [0.25, 0.3) is 0 Å². The van der Waals surface area contributed by atoms with Crippen LogP contribution in [0.2, 0.25) is 0 Å². The molecule has 72 valence electrons. The van der Waals surface area contributed by atoms with Gasteiger partial charge in [-0.25, -0.2) is 0 Å². The highest BCUT2D eigenvalue weighted by Gasteiger charge is 2.32. The van der Waals surface area contributed by atoms with Crippen molar-refractivity contribution in [2.45, 2.75) is 17.9 Å². The molecule has 1 heterocycles. The van der Waals surface area contributed by atoms with Gasteiger partial charge in [0, 0.05) is 0 Å². The molecule has 1 unspecified atom stereocenters. The Morgan fingerprint density at radius 2 is 1.92 bits per heavy atom. The number of halogens is 4. The summed E-state index contributed by atoms with van der Waals surface area (Å²) in [5, 5.41) is 6.49. The summed E-state index contributed by atoms with van der Waals surface area (Å²) >= 11 is 3.17. The first kappa shape index (κ1) is 10.4. The van der Waals surface area contributed by atoms with Gasteiger partial charge in [-0.05, 0) is 19.1 Å². The van der Waals surface area contributed by atoms with Crippen molar-refractivity contribution in [2.24, 2.45) is 0 Å². The van der Waals surface area contributed by atoms with Crippen molar-refractivity contribution in [3.63, 3.8) is 0 Å². The lowest BCUT2D eigenvalue weighted by Crippen LogP contribution is -2.09. The Labute approximate surface area is 81.3 Å². The van der Waals surface area contributed by atoms with E-state index in [-0.39, 0.29) is 4.83 Å². The topological polar surface area (TPSA) is 25.8 Å². The Kier molecular flexibility index (Phi) is 2.90. The summed E-state index contributed by atoms with van der Waals surface area (Å²) in [6, 6.07) is 2.22. The third-order valence-corrected chi connectivity index (χ3v) is 1.85.